The average Bonchev–Trinajstić information content (AvgIpc) is 2.84. The molecule has 0 saturated heterocycles. The van der Waals surface area contributed by atoms with Gasteiger partial charge in [-0.3, -0.25) is 0 Å². The van der Waals surface area contributed by atoms with Gasteiger partial charge in [0, 0.05) is 13.1 Å². The summed E-state index contributed by atoms with van der Waals surface area (Å²) in [6, 6.07) is 5.99. The van der Waals surface area contributed by atoms with E-state index in [1.54, 1.807) is 4.90 Å². The monoisotopic (exact) mass is 315 g/mol. The first-order valence-corrected chi connectivity index (χ1v) is 7.65. The van der Waals surface area contributed by atoms with Crippen LogP contribution in [-0.4, -0.2) is 34.7 Å². The largest absolute Gasteiger partial charge is 0.444 e. The van der Waals surface area contributed by atoms with Crippen LogP contribution in [0.3, 0.4) is 0 Å². The molecule has 1 aliphatic heterocycles. The fourth-order valence-corrected chi connectivity index (χ4v) is 2.57. The molecule has 1 aliphatic rings. The Morgan fingerprint density at radius 1 is 1.39 bits per heavy atom. The van der Waals surface area contributed by atoms with Crippen LogP contribution < -0.4 is 5.73 Å². The van der Waals surface area contributed by atoms with E-state index in [1.165, 1.54) is 5.57 Å². The molecule has 0 atom stereocenters. The third-order valence-electron chi connectivity index (χ3n) is 3.64. The van der Waals surface area contributed by atoms with Crippen molar-refractivity contribution in [2.45, 2.75) is 32.8 Å². The van der Waals surface area contributed by atoms with Crippen molar-refractivity contribution in [2.75, 3.05) is 18.8 Å². The topological polar surface area (TPSA) is 81.6 Å². The summed E-state index contributed by atoms with van der Waals surface area (Å²) < 4.78 is 10.7. The number of aromatic nitrogens is 1. The van der Waals surface area contributed by atoms with Gasteiger partial charge >= 0.3 is 6.09 Å². The van der Waals surface area contributed by atoms with E-state index in [0.717, 1.165) is 17.5 Å². The van der Waals surface area contributed by atoms with Crippen LogP contribution >= 0.6 is 0 Å². The van der Waals surface area contributed by atoms with Gasteiger partial charge in [-0.05, 0) is 50.5 Å². The molecule has 2 N–H and O–H groups in total. The molecular formula is C17H21N3O3. The first kappa shape index (κ1) is 15.4. The van der Waals surface area contributed by atoms with Crippen LogP contribution in [0, 0.1) is 0 Å². The summed E-state index contributed by atoms with van der Waals surface area (Å²) in [4.78, 5) is 17.9. The fourth-order valence-electron chi connectivity index (χ4n) is 2.57. The van der Waals surface area contributed by atoms with E-state index in [0.29, 0.717) is 18.7 Å². The maximum atomic E-state index is 12.1. The highest BCUT2D eigenvalue weighted by Crippen LogP contribution is 2.27. The highest BCUT2D eigenvalue weighted by Gasteiger charge is 2.24. The second-order valence-corrected chi connectivity index (χ2v) is 6.64. The molecule has 0 bridgehead atoms. The van der Waals surface area contributed by atoms with Crippen LogP contribution in [0.5, 0.6) is 0 Å². The van der Waals surface area contributed by atoms with Gasteiger partial charge in [0.05, 0.1) is 0 Å². The number of oxazole rings is 1. The molecule has 0 aliphatic carbocycles. The van der Waals surface area contributed by atoms with Crippen molar-refractivity contribution in [3.05, 3.63) is 29.8 Å². The lowest BCUT2D eigenvalue weighted by Gasteiger charge is -2.29. The van der Waals surface area contributed by atoms with Crippen molar-refractivity contribution in [1.29, 1.82) is 0 Å². The number of carbonyl (C=O) groups is 1. The maximum absolute atomic E-state index is 12.1. The summed E-state index contributed by atoms with van der Waals surface area (Å²) in [7, 11) is 0. The lowest BCUT2D eigenvalue weighted by atomic mass is 9.99. The zero-order chi connectivity index (χ0) is 16.6. The van der Waals surface area contributed by atoms with Gasteiger partial charge in [0.2, 0.25) is 0 Å². The Kier molecular flexibility index (Phi) is 3.75. The number of benzene rings is 1. The highest BCUT2D eigenvalue weighted by molar-refractivity contribution is 5.81. The minimum atomic E-state index is -0.473. The quantitative estimate of drug-likeness (QED) is 0.871. The van der Waals surface area contributed by atoms with Gasteiger partial charge < -0.3 is 19.8 Å². The van der Waals surface area contributed by atoms with Crippen molar-refractivity contribution in [1.82, 2.24) is 9.88 Å². The molecule has 6 heteroatoms. The van der Waals surface area contributed by atoms with Crippen LogP contribution in [0.4, 0.5) is 10.8 Å². The molecule has 0 spiro atoms. The van der Waals surface area contributed by atoms with Crippen molar-refractivity contribution in [3.63, 3.8) is 0 Å². The number of amides is 1. The van der Waals surface area contributed by atoms with Crippen LogP contribution in [0.25, 0.3) is 16.7 Å². The number of carbonyl (C=O) groups excluding carboxylic acids is 1. The van der Waals surface area contributed by atoms with Crippen LogP contribution in [-0.2, 0) is 4.74 Å². The van der Waals surface area contributed by atoms with Crippen molar-refractivity contribution in [3.8, 4) is 0 Å². The predicted octanol–water partition coefficient (Wildman–Crippen LogP) is 3.43. The highest BCUT2D eigenvalue weighted by atomic mass is 16.6. The van der Waals surface area contributed by atoms with E-state index in [2.05, 4.69) is 11.1 Å². The molecular weight excluding hydrogens is 294 g/mol. The zero-order valence-electron chi connectivity index (χ0n) is 13.6. The molecule has 23 heavy (non-hydrogen) atoms. The Bertz CT molecular complexity index is 771. The molecule has 2 aromatic rings. The molecule has 0 radical (unpaired) electrons. The molecule has 0 saturated carbocycles. The number of nitrogens with zero attached hydrogens (tertiary/aromatic N) is 2. The molecule has 2 heterocycles. The summed E-state index contributed by atoms with van der Waals surface area (Å²) in [5.41, 5.74) is 8.79. The number of hydrogen-bond acceptors (Lipinski definition) is 5. The van der Waals surface area contributed by atoms with Crippen LogP contribution in [0.1, 0.15) is 32.8 Å². The zero-order valence-corrected chi connectivity index (χ0v) is 13.6. The molecule has 3 rings (SSSR count). The van der Waals surface area contributed by atoms with Gasteiger partial charge in [-0.2, -0.15) is 4.98 Å². The SMILES string of the molecule is CC(C)(C)OC(=O)N1CC=C(c2ccc3oc(N)nc3c2)CC1. The Labute approximate surface area is 134 Å². The third-order valence-corrected chi connectivity index (χ3v) is 3.64. The van der Waals surface area contributed by atoms with Crippen molar-refractivity contribution < 1.29 is 13.9 Å². The number of nitrogen functional groups attached to an aromatic ring is 1. The molecule has 0 unspecified atom stereocenters. The average molecular weight is 315 g/mol. The molecule has 0 fully saturated rings. The number of ether oxygens (including phenoxy) is 1. The summed E-state index contributed by atoms with van der Waals surface area (Å²) >= 11 is 0. The summed E-state index contributed by atoms with van der Waals surface area (Å²) in [6.45, 7) is 6.79. The first-order chi connectivity index (χ1) is 10.8. The smallest absolute Gasteiger partial charge is 0.410 e. The first-order valence-electron chi connectivity index (χ1n) is 7.65. The number of hydrogen-bond donors (Lipinski definition) is 1. The lowest BCUT2D eigenvalue weighted by Crippen LogP contribution is -2.39. The molecule has 1 aromatic heterocycles. The number of nitrogens with two attached hydrogens (primary N) is 1. The van der Waals surface area contributed by atoms with Crippen molar-refractivity contribution in [2.24, 2.45) is 0 Å². The Hall–Kier alpha value is -2.50. The second-order valence-electron chi connectivity index (χ2n) is 6.64. The number of fused-ring (bicyclic) bond motifs is 1. The van der Waals surface area contributed by atoms with E-state index in [4.69, 9.17) is 14.9 Å². The predicted molar refractivity (Wildman–Crippen MR) is 88.8 cm³/mol. The van der Waals surface area contributed by atoms with Gasteiger partial charge in [-0.1, -0.05) is 12.1 Å². The Morgan fingerprint density at radius 2 is 2.17 bits per heavy atom. The second kappa shape index (κ2) is 5.61. The van der Waals surface area contributed by atoms with Gasteiger partial charge in [0.15, 0.2) is 5.58 Å². The van der Waals surface area contributed by atoms with Gasteiger partial charge in [0.1, 0.15) is 11.1 Å². The third kappa shape index (κ3) is 3.47. The molecule has 1 aromatic carbocycles. The van der Waals surface area contributed by atoms with E-state index in [-0.39, 0.29) is 12.1 Å². The van der Waals surface area contributed by atoms with Crippen LogP contribution in [0.2, 0.25) is 0 Å². The van der Waals surface area contributed by atoms with Gasteiger partial charge in [0.25, 0.3) is 6.01 Å². The number of rotatable bonds is 1. The minimum Gasteiger partial charge on any atom is -0.444 e. The summed E-state index contributed by atoms with van der Waals surface area (Å²) in [5, 5.41) is 0. The van der Waals surface area contributed by atoms with Gasteiger partial charge in [-0.25, -0.2) is 4.79 Å². The molecule has 6 nitrogen and oxygen atoms in total. The summed E-state index contributed by atoms with van der Waals surface area (Å²) in [5.74, 6) is 0. The minimum absolute atomic E-state index is 0.172. The fraction of sp³-hybridized carbons (Fsp3) is 0.412. The maximum Gasteiger partial charge on any atom is 0.410 e. The summed E-state index contributed by atoms with van der Waals surface area (Å²) in [6.07, 6.45) is 2.56. The van der Waals surface area contributed by atoms with E-state index in [1.807, 2.05) is 39.0 Å². The van der Waals surface area contributed by atoms with E-state index < -0.39 is 5.60 Å². The molecule has 122 valence electrons. The number of anilines is 1. The standard InChI is InChI=1S/C17H21N3O3/c1-17(2,3)23-16(21)20-8-6-11(7-9-20)12-4-5-14-13(10-12)19-15(18)22-14/h4-6,10H,7-9H2,1-3H3,(H2,18,19). The van der Waals surface area contributed by atoms with E-state index in [9.17, 15) is 4.79 Å². The lowest BCUT2D eigenvalue weighted by molar-refractivity contribution is 0.0270. The van der Waals surface area contributed by atoms with E-state index >= 15 is 0 Å². The Morgan fingerprint density at radius 3 is 2.83 bits per heavy atom. The Balaban J connectivity index is 1.73. The van der Waals surface area contributed by atoms with Crippen LogP contribution in [0.15, 0.2) is 28.7 Å². The normalized spacial score (nSPS) is 15.6. The molecule has 1 amide bonds. The van der Waals surface area contributed by atoms with Gasteiger partial charge in [-0.15, -0.1) is 0 Å². The van der Waals surface area contributed by atoms with Crippen molar-refractivity contribution >= 4 is 28.8 Å².